The summed E-state index contributed by atoms with van der Waals surface area (Å²) >= 11 is 0. The van der Waals surface area contributed by atoms with Gasteiger partial charge < -0.3 is 10.1 Å². The van der Waals surface area contributed by atoms with Gasteiger partial charge in [-0.1, -0.05) is 0 Å². The highest BCUT2D eigenvalue weighted by Gasteiger charge is 2.13. The van der Waals surface area contributed by atoms with E-state index in [9.17, 15) is 4.79 Å². The lowest BCUT2D eigenvalue weighted by Crippen LogP contribution is -2.05. The molecule has 0 aliphatic carbocycles. The van der Waals surface area contributed by atoms with Gasteiger partial charge in [-0.3, -0.25) is 0 Å². The molecule has 0 amide bonds. The van der Waals surface area contributed by atoms with E-state index < -0.39 is 5.97 Å². The summed E-state index contributed by atoms with van der Waals surface area (Å²) in [6.45, 7) is 0. The Morgan fingerprint density at radius 3 is 3.06 bits per heavy atom. The summed E-state index contributed by atoms with van der Waals surface area (Å²) in [6, 6.07) is 3.29. The number of fused-ring (bicyclic) bond motifs is 1. The first-order chi connectivity index (χ1) is 8.25. The third kappa shape index (κ3) is 1.44. The Kier molecular flexibility index (Phi) is 1.91. The molecule has 2 N–H and O–H groups in total. The highest BCUT2D eigenvalue weighted by Crippen LogP contribution is 2.19. The van der Waals surface area contributed by atoms with Gasteiger partial charge in [0.25, 0.3) is 5.78 Å². The molecule has 7 nitrogen and oxygen atoms in total. The topological polar surface area (TPSA) is 96.2 Å². The van der Waals surface area contributed by atoms with Gasteiger partial charge in [-0.2, -0.15) is 14.6 Å². The van der Waals surface area contributed by atoms with Crippen LogP contribution in [-0.2, 0) is 0 Å². The van der Waals surface area contributed by atoms with Crippen LogP contribution in [0.2, 0.25) is 0 Å². The van der Waals surface area contributed by atoms with Crippen LogP contribution in [0.5, 0.6) is 0 Å². The van der Waals surface area contributed by atoms with E-state index in [1.165, 1.54) is 16.9 Å². The minimum Gasteiger partial charge on any atom is -0.477 e. The fourth-order valence-electron chi connectivity index (χ4n) is 1.61. The SMILES string of the molecule is O=C(O)c1cc(-c2cc[nH]c2)n2ncnc2n1. The number of aromatic carboxylic acids is 1. The number of hydrogen-bond donors (Lipinski definition) is 2. The summed E-state index contributed by atoms with van der Waals surface area (Å²) in [7, 11) is 0. The van der Waals surface area contributed by atoms with Gasteiger partial charge in [0.1, 0.15) is 6.33 Å². The largest absolute Gasteiger partial charge is 0.477 e. The molecule has 3 heterocycles. The Balaban J connectivity index is 2.35. The minimum absolute atomic E-state index is 0.0540. The Morgan fingerprint density at radius 1 is 1.47 bits per heavy atom. The van der Waals surface area contributed by atoms with Gasteiger partial charge in [0, 0.05) is 18.0 Å². The Morgan fingerprint density at radius 2 is 2.35 bits per heavy atom. The normalized spacial score (nSPS) is 10.8. The molecule has 84 valence electrons. The maximum Gasteiger partial charge on any atom is 0.354 e. The van der Waals surface area contributed by atoms with E-state index in [0.29, 0.717) is 5.69 Å². The standard InChI is InChI=1S/C10H7N5O2/c16-9(17)7-3-8(6-1-2-11-4-6)15-10(14-7)12-5-13-15/h1-5,11H,(H,16,17). The van der Waals surface area contributed by atoms with Crippen molar-refractivity contribution in [1.29, 1.82) is 0 Å². The summed E-state index contributed by atoms with van der Waals surface area (Å²) < 4.78 is 1.50. The highest BCUT2D eigenvalue weighted by molar-refractivity contribution is 5.87. The van der Waals surface area contributed by atoms with Gasteiger partial charge in [-0.15, -0.1) is 0 Å². The molecule has 17 heavy (non-hydrogen) atoms. The van der Waals surface area contributed by atoms with E-state index in [1.54, 1.807) is 12.4 Å². The first kappa shape index (κ1) is 9.52. The average Bonchev–Trinajstić information content (AvgIpc) is 2.98. The lowest BCUT2D eigenvalue weighted by Gasteiger charge is -2.02. The van der Waals surface area contributed by atoms with Gasteiger partial charge in [-0.25, -0.2) is 9.78 Å². The van der Waals surface area contributed by atoms with Crippen LogP contribution < -0.4 is 0 Å². The number of nitrogens with zero attached hydrogens (tertiary/aromatic N) is 4. The Hall–Kier alpha value is -2.70. The molecule has 3 aromatic rings. The summed E-state index contributed by atoms with van der Waals surface area (Å²) in [4.78, 5) is 21.6. The molecule has 0 unspecified atom stereocenters. The second-order valence-electron chi connectivity index (χ2n) is 3.40. The van der Waals surface area contributed by atoms with Crippen molar-refractivity contribution in [1.82, 2.24) is 24.6 Å². The number of H-pyrrole nitrogens is 1. The number of carboxylic acid groups (broad SMARTS) is 1. The van der Waals surface area contributed by atoms with E-state index in [-0.39, 0.29) is 11.5 Å². The molecule has 0 aliphatic rings. The Labute approximate surface area is 94.8 Å². The van der Waals surface area contributed by atoms with Gasteiger partial charge in [0.2, 0.25) is 0 Å². The number of rotatable bonds is 2. The van der Waals surface area contributed by atoms with Gasteiger partial charge in [0.05, 0.1) is 5.69 Å². The monoisotopic (exact) mass is 229 g/mol. The van der Waals surface area contributed by atoms with Crippen molar-refractivity contribution in [2.24, 2.45) is 0 Å². The van der Waals surface area contributed by atoms with Crippen LogP contribution in [-0.4, -0.2) is 35.6 Å². The van der Waals surface area contributed by atoms with E-state index in [0.717, 1.165) is 5.56 Å². The molecule has 3 aromatic heterocycles. The fraction of sp³-hybridized carbons (Fsp3) is 0. The van der Waals surface area contributed by atoms with Crippen LogP contribution in [0.1, 0.15) is 10.5 Å². The molecule has 0 aromatic carbocycles. The number of carbonyl (C=O) groups is 1. The van der Waals surface area contributed by atoms with Crippen molar-refractivity contribution in [2.45, 2.75) is 0 Å². The molecule has 0 atom stereocenters. The van der Waals surface area contributed by atoms with Crippen molar-refractivity contribution in [2.75, 3.05) is 0 Å². The van der Waals surface area contributed by atoms with Crippen molar-refractivity contribution in [3.63, 3.8) is 0 Å². The molecule has 0 bridgehead atoms. The van der Waals surface area contributed by atoms with Crippen molar-refractivity contribution in [3.8, 4) is 11.3 Å². The third-order valence-corrected chi connectivity index (χ3v) is 2.36. The summed E-state index contributed by atoms with van der Waals surface area (Å²) in [5.41, 5.74) is 1.40. The van der Waals surface area contributed by atoms with Crippen LogP contribution in [0, 0.1) is 0 Å². The molecule has 0 fully saturated rings. The zero-order chi connectivity index (χ0) is 11.8. The number of aromatic amines is 1. The number of hydrogen-bond acceptors (Lipinski definition) is 4. The molecule has 0 aliphatic heterocycles. The molecular formula is C10H7N5O2. The van der Waals surface area contributed by atoms with Gasteiger partial charge in [0.15, 0.2) is 5.69 Å². The zero-order valence-corrected chi connectivity index (χ0v) is 8.53. The second kappa shape index (κ2) is 3.41. The summed E-state index contributed by atoms with van der Waals surface area (Å²) in [5, 5.41) is 13.0. The van der Waals surface area contributed by atoms with Gasteiger partial charge >= 0.3 is 5.97 Å². The van der Waals surface area contributed by atoms with Crippen molar-refractivity contribution in [3.05, 3.63) is 36.5 Å². The number of carboxylic acids is 1. The van der Waals surface area contributed by atoms with E-state index >= 15 is 0 Å². The molecule has 0 saturated heterocycles. The van der Waals surface area contributed by atoms with Crippen LogP contribution in [0.15, 0.2) is 30.9 Å². The van der Waals surface area contributed by atoms with E-state index in [2.05, 4.69) is 20.1 Å². The predicted octanol–water partition coefficient (Wildman–Crippen LogP) is 0.818. The molecule has 3 rings (SSSR count). The van der Waals surface area contributed by atoms with Crippen LogP contribution in [0.4, 0.5) is 0 Å². The van der Waals surface area contributed by atoms with Gasteiger partial charge in [-0.05, 0) is 12.1 Å². The summed E-state index contributed by atoms with van der Waals surface area (Å²) in [6.07, 6.45) is 4.84. The first-order valence-electron chi connectivity index (χ1n) is 4.83. The van der Waals surface area contributed by atoms with Crippen LogP contribution >= 0.6 is 0 Å². The smallest absolute Gasteiger partial charge is 0.354 e. The maximum absolute atomic E-state index is 11.0. The van der Waals surface area contributed by atoms with E-state index in [4.69, 9.17) is 5.11 Å². The highest BCUT2D eigenvalue weighted by atomic mass is 16.4. The maximum atomic E-state index is 11.0. The number of aromatic nitrogens is 5. The molecule has 7 heteroatoms. The third-order valence-electron chi connectivity index (χ3n) is 2.36. The quantitative estimate of drug-likeness (QED) is 0.678. The van der Waals surface area contributed by atoms with Crippen LogP contribution in [0.3, 0.4) is 0 Å². The zero-order valence-electron chi connectivity index (χ0n) is 8.53. The fourth-order valence-corrected chi connectivity index (χ4v) is 1.61. The first-order valence-corrected chi connectivity index (χ1v) is 4.83. The molecule has 0 saturated carbocycles. The minimum atomic E-state index is -1.09. The molecule has 0 spiro atoms. The predicted molar refractivity (Wildman–Crippen MR) is 57.5 cm³/mol. The lowest BCUT2D eigenvalue weighted by atomic mass is 10.2. The molecular weight excluding hydrogens is 222 g/mol. The lowest BCUT2D eigenvalue weighted by molar-refractivity contribution is 0.0690. The average molecular weight is 229 g/mol. The molecule has 0 radical (unpaired) electrons. The van der Waals surface area contributed by atoms with E-state index in [1.807, 2.05) is 6.07 Å². The van der Waals surface area contributed by atoms with Crippen molar-refractivity contribution < 1.29 is 9.90 Å². The van der Waals surface area contributed by atoms with Crippen LogP contribution in [0.25, 0.3) is 17.0 Å². The second-order valence-corrected chi connectivity index (χ2v) is 3.40. The summed E-state index contributed by atoms with van der Waals surface area (Å²) in [5.74, 6) is -0.826. The van der Waals surface area contributed by atoms with Crippen molar-refractivity contribution >= 4 is 11.7 Å². The Bertz CT molecular complexity index is 686. The number of nitrogens with one attached hydrogen (secondary N) is 1.